The molecular formula is C20H22BrN3O3. The molecule has 0 bridgehead atoms. The van der Waals surface area contributed by atoms with Crippen LogP contribution in [0.4, 0.5) is 0 Å². The molecule has 2 aromatic carbocycles. The molecule has 1 aliphatic heterocycles. The van der Waals surface area contributed by atoms with E-state index in [0.717, 1.165) is 10.0 Å². The molecule has 27 heavy (non-hydrogen) atoms. The maximum atomic E-state index is 12.6. The van der Waals surface area contributed by atoms with Crippen molar-refractivity contribution in [2.75, 3.05) is 32.7 Å². The van der Waals surface area contributed by atoms with Gasteiger partial charge in [0, 0.05) is 37.2 Å². The molecule has 0 aliphatic carbocycles. The number of hydrogen-bond acceptors (Lipinski definition) is 4. The molecule has 142 valence electrons. The summed E-state index contributed by atoms with van der Waals surface area (Å²) >= 11 is 3.32. The molecule has 1 aliphatic rings. The van der Waals surface area contributed by atoms with Gasteiger partial charge in [0.25, 0.3) is 5.91 Å². The SMILES string of the molecule is O=C(CN1CCN(C(=O)c2cc(Br)ccc2O)CC1)NCc1ccccc1. The van der Waals surface area contributed by atoms with E-state index in [1.165, 1.54) is 6.07 Å². The number of piperazine rings is 1. The number of hydrogen-bond donors (Lipinski definition) is 2. The molecule has 2 aromatic rings. The summed E-state index contributed by atoms with van der Waals surface area (Å²) in [6, 6.07) is 14.6. The molecule has 7 heteroatoms. The first-order valence-corrected chi connectivity index (χ1v) is 9.63. The minimum atomic E-state index is -0.193. The zero-order valence-electron chi connectivity index (χ0n) is 14.9. The molecule has 1 fully saturated rings. The van der Waals surface area contributed by atoms with Gasteiger partial charge in [-0.15, -0.1) is 0 Å². The predicted octanol–water partition coefficient (Wildman–Crippen LogP) is 2.23. The highest BCUT2D eigenvalue weighted by molar-refractivity contribution is 9.10. The number of benzene rings is 2. The molecule has 0 spiro atoms. The van der Waals surface area contributed by atoms with Gasteiger partial charge in [0.2, 0.25) is 5.91 Å². The third kappa shape index (κ3) is 5.30. The molecule has 0 radical (unpaired) electrons. The van der Waals surface area contributed by atoms with Gasteiger partial charge in [-0.05, 0) is 23.8 Å². The van der Waals surface area contributed by atoms with Gasteiger partial charge in [-0.2, -0.15) is 0 Å². The Morgan fingerprint density at radius 1 is 1.04 bits per heavy atom. The Bertz CT molecular complexity index is 805. The lowest BCUT2D eigenvalue weighted by molar-refractivity contribution is -0.122. The third-order valence-electron chi connectivity index (χ3n) is 4.55. The number of nitrogens with one attached hydrogen (secondary N) is 1. The van der Waals surface area contributed by atoms with Crippen molar-refractivity contribution < 1.29 is 14.7 Å². The van der Waals surface area contributed by atoms with Crippen LogP contribution in [-0.2, 0) is 11.3 Å². The minimum Gasteiger partial charge on any atom is -0.507 e. The summed E-state index contributed by atoms with van der Waals surface area (Å²) in [6.07, 6.45) is 0. The highest BCUT2D eigenvalue weighted by Gasteiger charge is 2.25. The highest BCUT2D eigenvalue weighted by Crippen LogP contribution is 2.23. The van der Waals surface area contributed by atoms with Crippen molar-refractivity contribution >= 4 is 27.7 Å². The van der Waals surface area contributed by atoms with Crippen LogP contribution in [-0.4, -0.2) is 59.4 Å². The maximum absolute atomic E-state index is 12.6. The topological polar surface area (TPSA) is 72.9 Å². The smallest absolute Gasteiger partial charge is 0.257 e. The number of carbonyl (C=O) groups is 2. The Hall–Kier alpha value is -2.38. The van der Waals surface area contributed by atoms with Crippen molar-refractivity contribution in [2.24, 2.45) is 0 Å². The van der Waals surface area contributed by atoms with Crippen LogP contribution in [0.25, 0.3) is 0 Å². The first kappa shape index (κ1) is 19.4. The zero-order valence-corrected chi connectivity index (χ0v) is 16.5. The van der Waals surface area contributed by atoms with Crippen molar-refractivity contribution in [3.63, 3.8) is 0 Å². The first-order chi connectivity index (χ1) is 13.0. The molecule has 6 nitrogen and oxygen atoms in total. The van der Waals surface area contributed by atoms with Crippen molar-refractivity contribution in [3.8, 4) is 5.75 Å². The van der Waals surface area contributed by atoms with Crippen LogP contribution in [0.3, 0.4) is 0 Å². The van der Waals surface area contributed by atoms with Gasteiger partial charge in [0.15, 0.2) is 0 Å². The lowest BCUT2D eigenvalue weighted by Gasteiger charge is -2.34. The summed E-state index contributed by atoms with van der Waals surface area (Å²) in [5.74, 6) is -0.240. The molecule has 3 rings (SSSR count). The number of phenols is 1. The standard InChI is InChI=1S/C20H22BrN3O3/c21-16-6-7-18(25)17(12-16)20(27)24-10-8-23(9-11-24)14-19(26)22-13-15-4-2-1-3-5-15/h1-7,12,25H,8-11,13-14H2,(H,22,26). The van der Waals surface area contributed by atoms with Crippen LogP contribution in [0.1, 0.15) is 15.9 Å². The average molecular weight is 432 g/mol. The largest absolute Gasteiger partial charge is 0.507 e. The van der Waals surface area contributed by atoms with E-state index in [1.807, 2.05) is 35.2 Å². The second kappa shape index (κ2) is 9.01. The van der Waals surface area contributed by atoms with E-state index >= 15 is 0 Å². The number of nitrogens with zero attached hydrogens (tertiary/aromatic N) is 2. The van der Waals surface area contributed by atoms with E-state index in [1.54, 1.807) is 17.0 Å². The van der Waals surface area contributed by atoms with Crippen LogP contribution in [0, 0.1) is 0 Å². The molecular weight excluding hydrogens is 410 g/mol. The van der Waals surface area contributed by atoms with Crippen molar-refractivity contribution in [1.29, 1.82) is 0 Å². The number of amides is 2. The van der Waals surface area contributed by atoms with Gasteiger partial charge in [-0.3, -0.25) is 14.5 Å². The summed E-state index contributed by atoms with van der Waals surface area (Å²) in [5, 5.41) is 12.8. The predicted molar refractivity (Wildman–Crippen MR) is 106 cm³/mol. The van der Waals surface area contributed by atoms with E-state index < -0.39 is 0 Å². The van der Waals surface area contributed by atoms with Gasteiger partial charge in [0.1, 0.15) is 5.75 Å². The van der Waals surface area contributed by atoms with Crippen LogP contribution >= 0.6 is 15.9 Å². The first-order valence-electron chi connectivity index (χ1n) is 8.83. The lowest BCUT2D eigenvalue weighted by Crippen LogP contribution is -2.51. The van der Waals surface area contributed by atoms with Gasteiger partial charge >= 0.3 is 0 Å². The summed E-state index contributed by atoms with van der Waals surface area (Å²) in [6.45, 7) is 3.13. The molecule has 1 saturated heterocycles. The Labute approximate surface area is 166 Å². The average Bonchev–Trinajstić information content (AvgIpc) is 2.69. The van der Waals surface area contributed by atoms with Crippen molar-refractivity contribution in [3.05, 3.63) is 64.1 Å². The molecule has 0 saturated carbocycles. The molecule has 0 atom stereocenters. The van der Waals surface area contributed by atoms with Gasteiger partial charge in [-0.25, -0.2) is 0 Å². The number of rotatable bonds is 5. The van der Waals surface area contributed by atoms with Gasteiger partial charge in [0.05, 0.1) is 12.1 Å². The van der Waals surface area contributed by atoms with Crippen molar-refractivity contribution in [1.82, 2.24) is 15.1 Å². The fourth-order valence-electron chi connectivity index (χ4n) is 3.01. The van der Waals surface area contributed by atoms with E-state index in [9.17, 15) is 14.7 Å². The molecule has 2 amide bonds. The monoisotopic (exact) mass is 431 g/mol. The van der Waals surface area contributed by atoms with E-state index in [0.29, 0.717) is 44.8 Å². The second-order valence-corrected chi connectivity index (χ2v) is 7.41. The number of halogens is 1. The number of carbonyl (C=O) groups excluding carboxylic acids is 2. The van der Waals surface area contributed by atoms with Crippen molar-refractivity contribution in [2.45, 2.75) is 6.54 Å². The minimum absolute atomic E-state index is 0.0223. The highest BCUT2D eigenvalue weighted by atomic mass is 79.9. The van der Waals surface area contributed by atoms with Gasteiger partial charge < -0.3 is 15.3 Å². The van der Waals surface area contributed by atoms with Crippen LogP contribution in [0.15, 0.2) is 53.0 Å². The lowest BCUT2D eigenvalue weighted by atomic mass is 10.1. The van der Waals surface area contributed by atoms with Crippen LogP contribution in [0.5, 0.6) is 5.75 Å². The summed E-state index contributed by atoms with van der Waals surface area (Å²) < 4.78 is 0.748. The molecule has 1 heterocycles. The summed E-state index contributed by atoms with van der Waals surface area (Å²) in [7, 11) is 0. The Morgan fingerprint density at radius 2 is 1.74 bits per heavy atom. The normalized spacial score (nSPS) is 14.8. The third-order valence-corrected chi connectivity index (χ3v) is 5.04. The van der Waals surface area contributed by atoms with Gasteiger partial charge in [-0.1, -0.05) is 46.3 Å². The number of phenolic OH excluding ortho intramolecular Hbond substituents is 1. The van der Waals surface area contributed by atoms with E-state index in [2.05, 4.69) is 21.2 Å². The Morgan fingerprint density at radius 3 is 2.44 bits per heavy atom. The zero-order chi connectivity index (χ0) is 19.2. The maximum Gasteiger partial charge on any atom is 0.257 e. The number of aromatic hydroxyl groups is 1. The molecule has 0 aromatic heterocycles. The Kier molecular flexibility index (Phi) is 6.47. The van der Waals surface area contributed by atoms with E-state index in [-0.39, 0.29) is 17.6 Å². The fraction of sp³-hybridized carbons (Fsp3) is 0.300. The Balaban J connectivity index is 1.46. The second-order valence-electron chi connectivity index (χ2n) is 6.49. The summed E-state index contributed by atoms with van der Waals surface area (Å²) in [4.78, 5) is 28.5. The van der Waals surface area contributed by atoms with Crippen LogP contribution < -0.4 is 5.32 Å². The quantitative estimate of drug-likeness (QED) is 0.760. The fourth-order valence-corrected chi connectivity index (χ4v) is 3.38. The molecule has 2 N–H and O–H groups in total. The van der Waals surface area contributed by atoms with E-state index in [4.69, 9.17) is 0 Å². The van der Waals surface area contributed by atoms with Crippen LogP contribution in [0.2, 0.25) is 0 Å². The molecule has 0 unspecified atom stereocenters. The summed E-state index contributed by atoms with van der Waals surface area (Å²) in [5.41, 5.74) is 1.36.